The van der Waals surface area contributed by atoms with Gasteiger partial charge in [0.25, 0.3) is 6.02 Å². The summed E-state index contributed by atoms with van der Waals surface area (Å²) in [6, 6.07) is 11.7. The van der Waals surface area contributed by atoms with Crippen molar-refractivity contribution in [2.75, 3.05) is 19.8 Å². The maximum Gasteiger partial charge on any atom is 0.283 e. The summed E-state index contributed by atoms with van der Waals surface area (Å²) < 4.78 is 46.6. The van der Waals surface area contributed by atoms with Gasteiger partial charge in [0.05, 0.1) is 13.2 Å². The molecule has 3 aromatic rings. The van der Waals surface area contributed by atoms with Gasteiger partial charge in [0.1, 0.15) is 12.4 Å². The van der Waals surface area contributed by atoms with Gasteiger partial charge in [-0.25, -0.2) is 14.4 Å². The lowest BCUT2D eigenvalue weighted by Crippen LogP contribution is -2.37. The van der Waals surface area contributed by atoms with Crippen LogP contribution in [-0.4, -0.2) is 30.8 Å². The van der Waals surface area contributed by atoms with Gasteiger partial charge in [-0.15, -0.1) is 0 Å². The number of benzene rings is 2. The average Bonchev–Trinajstić information content (AvgIpc) is 3.20. The minimum Gasteiger partial charge on any atom is -0.462 e. The molecule has 3 aliphatic rings. The molecule has 0 saturated carbocycles. The Morgan fingerprint density at radius 2 is 1.91 bits per heavy atom. The molecule has 1 fully saturated rings. The lowest BCUT2D eigenvalue weighted by atomic mass is 9.79. The first-order valence-electron chi connectivity index (χ1n) is 10.9. The Hall–Kier alpha value is -3.78. The largest absolute Gasteiger partial charge is 0.462 e. The van der Waals surface area contributed by atoms with Crippen molar-refractivity contribution in [3.8, 4) is 22.6 Å². The predicted molar refractivity (Wildman–Crippen MR) is 122 cm³/mol. The van der Waals surface area contributed by atoms with E-state index in [1.54, 1.807) is 30.3 Å². The summed E-state index contributed by atoms with van der Waals surface area (Å²) in [5.74, 6) is -0.624. The van der Waals surface area contributed by atoms with Crippen molar-refractivity contribution in [3.63, 3.8) is 0 Å². The van der Waals surface area contributed by atoms with Gasteiger partial charge < -0.3 is 19.9 Å². The van der Waals surface area contributed by atoms with Crippen LogP contribution < -0.4 is 10.5 Å². The Kier molecular flexibility index (Phi) is 4.50. The van der Waals surface area contributed by atoms with Crippen LogP contribution in [0.2, 0.25) is 0 Å². The molecule has 6 rings (SSSR count). The van der Waals surface area contributed by atoms with Gasteiger partial charge in [-0.1, -0.05) is 25.1 Å². The van der Waals surface area contributed by atoms with Gasteiger partial charge in [0.2, 0.25) is 5.95 Å². The fourth-order valence-electron chi connectivity index (χ4n) is 4.61. The molecule has 1 atom stereocenters. The zero-order chi connectivity index (χ0) is 23.5. The zero-order valence-electron chi connectivity index (χ0n) is 18.3. The molecule has 0 aliphatic carbocycles. The van der Waals surface area contributed by atoms with E-state index in [9.17, 15) is 4.39 Å². The Morgan fingerprint density at radius 1 is 1.06 bits per heavy atom. The minimum atomic E-state index is -1.13. The van der Waals surface area contributed by atoms with Crippen LogP contribution in [0.15, 0.2) is 59.7 Å². The maximum absolute atomic E-state index is 15.3. The van der Waals surface area contributed by atoms with Gasteiger partial charge in [0, 0.05) is 28.3 Å². The molecule has 8 heteroatoms. The number of fused-ring (bicyclic) bond motifs is 4. The van der Waals surface area contributed by atoms with E-state index in [2.05, 4.69) is 16.9 Å². The SMILES string of the molecule is CC1(/C=C/c2cc(F)c3c(c2)C2(COC(N)=N2)c2cc(-c4cccnc4F)ccc2O3)COC1. The summed E-state index contributed by atoms with van der Waals surface area (Å²) in [6.07, 6.45) is 5.29. The second-order valence-electron chi connectivity index (χ2n) is 9.11. The smallest absolute Gasteiger partial charge is 0.283 e. The van der Waals surface area contributed by atoms with Crippen LogP contribution in [0, 0.1) is 17.2 Å². The third-order valence-electron chi connectivity index (χ3n) is 6.49. The van der Waals surface area contributed by atoms with Crippen molar-refractivity contribution in [2.24, 2.45) is 16.1 Å². The number of halogens is 2. The molecule has 1 spiro atoms. The highest BCUT2D eigenvalue weighted by Gasteiger charge is 2.48. The van der Waals surface area contributed by atoms with Gasteiger partial charge in [-0.3, -0.25) is 0 Å². The highest BCUT2D eigenvalue weighted by Crippen LogP contribution is 2.52. The quantitative estimate of drug-likeness (QED) is 0.569. The highest BCUT2D eigenvalue weighted by atomic mass is 19.1. The first-order chi connectivity index (χ1) is 16.4. The van der Waals surface area contributed by atoms with E-state index in [0.717, 1.165) is 0 Å². The van der Waals surface area contributed by atoms with Crippen molar-refractivity contribution in [1.82, 2.24) is 4.98 Å². The summed E-state index contributed by atoms with van der Waals surface area (Å²) in [4.78, 5) is 8.35. The number of hydrogen-bond donors (Lipinski definition) is 1. The van der Waals surface area contributed by atoms with E-state index >= 15 is 4.39 Å². The minimum absolute atomic E-state index is 0.00255. The summed E-state index contributed by atoms with van der Waals surface area (Å²) in [5.41, 5.74) is 7.43. The molecule has 2 N–H and O–H groups in total. The van der Waals surface area contributed by atoms with Crippen LogP contribution in [0.3, 0.4) is 0 Å². The number of amidine groups is 1. The number of nitrogens with two attached hydrogens (primary N) is 1. The van der Waals surface area contributed by atoms with E-state index in [0.29, 0.717) is 46.8 Å². The van der Waals surface area contributed by atoms with E-state index in [1.807, 2.05) is 18.2 Å². The standard InChI is InChI=1S/C26H21F2N3O3/c1-25(12-32-13-25)7-6-15-9-19-22(20(27)10-15)34-21-5-4-16(17-3-2-8-30-23(17)28)11-18(21)26(19)14-33-24(29)31-26/h2-11H,12-14H2,1H3,(H2,29,31)/b7-6+. The molecular formula is C26H21F2N3O3. The van der Waals surface area contributed by atoms with Gasteiger partial charge in [0.15, 0.2) is 17.1 Å². The van der Waals surface area contributed by atoms with Crippen molar-refractivity contribution in [1.29, 1.82) is 0 Å². The molecule has 3 aliphatic heterocycles. The van der Waals surface area contributed by atoms with Crippen LogP contribution in [-0.2, 0) is 15.0 Å². The second-order valence-corrected chi connectivity index (χ2v) is 9.11. The Balaban J connectivity index is 1.52. The molecule has 0 amide bonds. The lowest BCUT2D eigenvalue weighted by Gasteiger charge is -2.35. The molecule has 1 saturated heterocycles. The molecule has 0 radical (unpaired) electrons. The first kappa shape index (κ1) is 20.8. The van der Waals surface area contributed by atoms with Crippen molar-refractivity contribution in [3.05, 3.63) is 83.2 Å². The van der Waals surface area contributed by atoms with Crippen LogP contribution in [0.4, 0.5) is 8.78 Å². The van der Waals surface area contributed by atoms with Crippen molar-refractivity contribution < 1.29 is 23.0 Å². The summed E-state index contributed by atoms with van der Waals surface area (Å²) in [7, 11) is 0. The lowest BCUT2D eigenvalue weighted by molar-refractivity contribution is -0.0703. The second kappa shape index (κ2) is 7.36. The van der Waals surface area contributed by atoms with Gasteiger partial charge in [-0.2, -0.15) is 4.39 Å². The molecule has 1 unspecified atom stereocenters. The van der Waals surface area contributed by atoms with Crippen LogP contribution in [0.1, 0.15) is 23.6 Å². The van der Waals surface area contributed by atoms with E-state index in [1.165, 1.54) is 12.3 Å². The molecule has 1 aromatic heterocycles. The fourth-order valence-corrected chi connectivity index (χ4v) is 4.61. The number of pyridine rings is 1. The molecule has 4 heterocycles. The molecule has 172 valence electrons. The normalized spacial score (nSPS) is 21.9. The Bertz CT molecular complexity index is 1380. The first-order valence-corrected chi connectivity index (χ1v) is 10.9. The number of ether oxygens (including phenoxy) is 3. The third-order valence-corrected chi connectivity index (χ3v) is 6.49. The summed E-state index contributed by atoms with van der Waals surface area (Å²) in [5, 5.41) is 0. The van der Waals surface area contributed by atoms with E-state index in [-0.39, 0.29) is 23.8 Å². The number of aliphatic imine (C=N–C) groups is 1. The molecule has 6 nitrogen and oxygen atoms in total. The zero-order valence-corrected chi connectivity index (χ0v) is 18.3. The third kappa shape index (κ3) is 3.17. The summed E-state index contributed by atoms with van der Waals surface area (Å²) >= 11 is 0. The molecular weight excluding hydrogens is 440 g/mol. The van der Waals surface area contributed by atoms with Crippen molar-refractivity contribution in [2.45, 2.75) is 12.5 Å². The van der Waals surface area contributed by atoms with E-state index < -0.39 is 17.3 Å². The molecule has 34 heavy (non-hydrogen) atoms. The van der Waals surface area contributed by atoms with E-state index in [4.69, 9.17) is 19.9 Å². The highest BCUT2D eigenvalue weighted by molar-refractivity contribution is 5.78. The Labute approximate surface area is 194 Å². The maximum atomic E-state index is 15.3. The van der Waals surface area contributed by atoms with Crippen LogP contribution in [0.5, 0.6) is 11.5 Å². The fraction of sp³-hybridized carbons (Fsp3) is 0.231. The molecule has 2 aromatic carbocycles. The number of aromatic nitrogens is 1. The molecule has 0 bridgehead atoms. The topological polar surface area (TPSA) is 79.0 Å². The Morgan fingerprint density at radius 3 is 2.62 bits per heavy atom. The summed E-state index contributed by atoms with van der Waals surface area (Å²) in [6.45, 7) is 3.40. The van der Waals surface area contributed by atoms with Crippen molar-refractivity contribution >= 4 is 12.1 Å². The number of hydrogen-bond acceptors (Lipinski definition) is 6. The average molecular weight is 461 g/mol. The van der Waals surface area contributed by atoms with Crippen LogP contribution >= 0.6 is 0 Å². The van der Waals surface area contributed by atoms with Gasteiger partial charge >= 0.3 is 0 Å². The van der Waals surface area contributed by atoms with Gasteiger partial charge in [-0.05, 0) is 47.5 Å². The predicted octanol–water partition coefficient (Wildman–Crippen LogP) is 4.77. The number of nitrogens with zero attached hydrogens (tertiary/aromatic N) is 2. The monoisotopic (exact) mass is 461 g/mol. The van der Waals surface area contributed by atoms with Crippen LogP contribution in [0.25, 0.3) is 17.2 Å². The number of rotatable bonds is 3.